The van der Waals surface area contributed by atoms with Gasteiger partial charge in [-0.25, -0.2) is 0 Å². The van der Waals surface area contributed by atoms with Gasteiger partial charge >= 0.3 is 0 Å². The second kappa shape index (κ2) is 6.89. The molecule has 0 amide bonds. The van der Waals surface area contributed by atoms with Crippen molar-refractivity contribution in [3.05, 3.63) is 22.7 Å². The average Bonchev–Trinajstić information content (AvgIpc) is 2.45. The van der Waals surface area contributed by atoms with E-state index >= 15 is 0 Å². The lowest BCUT2D eigenvalue weighted by atomic mass is 9.90. The Balaban J connectivity index is 1.82. The fourth-order valence-electron chi connectivity index (χ4n) is 3.11. The van der Waals surface area contributed by atoms with Crippen molar-refractivity contribution in [2.75, 3.05) is 20.2 Å². The molecule has 1 heterocycles. The largest absolute Gasteiger partial charge is 0.493 e. The number of rotatable bonds is 5. The quantitative estimate of drug-likeness (QED) is 0.897. The van der Waals surface area contributed by atoms with E-state index in [1.165, 1.54) is 24.8 Å². The van der Waals surface area contributed by atoms with Gasteiger partial charge in [0, 0.05) is 11.1 Å². The molecule has 0 unspecified atom stereocenters. The number of benzene rings is 1. The summed E-state index contributed by atoms with van der Waals surface area (Å²) in [5, 5.41) is 4.15. The van der Waals surface area contributed by atoms with Gasteiger partial charge in [-0.2, -0.15) is 0 Å². The van der Waals surface area contributed by atoms with E-state index in [0.717, 1.165) is 48.9 Å². The van der Waals surface area contributed by atoms with E-state index in [-0.39, 0.29) is 0 Å². The normalized spacial score (nSPS) is 20.1. The van der Waals surface area contributed by atoms with E-state index in [2.05, 4.69) is 11.4 Å². The molecule has 0 bridgehead atoms. The molecule has 1 saturated carbocycles. The summed E-state index contributed by atoms with van der Waals surface area (Å²) in [7, 11) is 1.69. The fourth-order valence-corrected chi connectivity index (χ4v) is 3.34. The Morgan fingerprint density at radius 3 is 2.57 bits per heavy atom. The molecule has 3 nitrogen and oxygen atoms in total. The number of halogens is 1. The molecule has 1 aromatic rings. The van der Waals surface area contributed by atoms with Gasteiger partial charge in [-0.15, -0.1) is 0 Å². The second-order valence-electron chi connectivity index (χ2n) is 6.16. The van der Waals surface area contributed by atoms with Crippen molar-refractivity contribution >= 4 is 11.6 Å². The third kappa shape index (κ3) is 3.64. The van der Waals surface area contributed by atoms with Crippen LogP contribution >= 0.6 is 11.6 Å². The Bertz CT molecular complexity index is 482. The zero-order chi connectivity index (χ0) is 14.7. The van der Waals surface area contributed by atoms with Crippen LogP contribution in [0.25, 0.3) is 0 Å². The SMILES string of the molecule is COc1cc(Cl)cc(CC2CCNCC2)c1OC1CCC1. The monoisotopic (exact) mass is 309 g/mol. The minimum atomic E-state index is 0.354. The lowest BCUT2D eigenvalue weighted by Crippen LogP contribution is -2.29. The summed E-state index contributed by atoms with van der Waals surface area (Å²) in [6.07, 6.45) is 7.39. The highest BCUT2D eigenvalue weighted by molar-refractivity contribution is 6.30. The molecule has 0 radical (unpaired) electrons. The van der Waals surface area contributed by atoms with Crippen LogP contribution in [0.1, 0.15) is 37.7 Å². The van der Waals surface area contributed by atoms with Gasteiger partial charge in [-0.3, -0.25) is 0 Å². The second-order valence-corrected chi connectivity index (χ2v) is 6.60. The van der Waals surface area contributed by atoms with Crippen LogP contribution in [0.5, 0.6) is 11.5 Å². The molecular formula is C17H24ClNO2. The van der Waals surface area contributed by atoms with Gasteiger partial charge in [0.25, 0.3) is 0 Å². The molecule has 3 rings (SSSR count). The molecule has 2 fully saturated rings. The molecular weight excluding hydrogens is 286 g/mol. The first-order valence-corrected chi connectivity index (χ1v) is 8.38. The van der Waals surface area contributed by atoms with Crippen molar-refractivity contribution in [1.29, 1.82) is 0 Å². The molecule has 21 heavy (non-hydrogen) atoms. The molecule has 2 aliphatic rings. The highest BCUT2D eigenvalue weighted by Gasteiger charge is 2.24. The number of piperidine rings is 1. The topological polar surface area (TPSA) is 30.5 Å². The van der Waals surface area contributed by atoms with Gasteiger partial charge in [0.2, 0.25) is 0 Å². The van der Waals surface area contributed by atoms with E-state index in [4.69, 9.17) is 21.1 Å². The maximum Gasteiger partial charge on any atom is 0.164 e. The highest BCUT2D eigenvalue weighted by atomic mass is 35.5. The summed E-state index contributed by atoms with van der Waals surface area (Å²) in [5.74, 6) is 2.40. The van der Waals surface area contributed by atoms with Crippen molar-refractivity contribution in [3.63, 3.8) is 0 Å². The molecule has 0 aromatic heterocycles. The Hall–Kier alpha value is -0.930. The first-order chi connectivity index (χ1) is 10.3. The van der Waals surface area contributed by atoms with Crippen LogP contribution in [0.4, 0.5) is 0 Å². The summed E-state index contributed by atoms with van der Waals surface area (Å²) in [5.41, 5.74) is 1.21. The maximum atomic E-state index is 6.25. The molecule has 0 spiro atoms. The average molecular weight is 310 g/mol. The minimum Gasteiger partial charge on any atom is -0.493 e. The molecule has 1 N–H and O–H groups in total. The Morgan fingerprint density at radius 2 is 1.95 bits per heavy atom. The lowest BCUT2D eigenvalue weighted by molar-refractivity contribution is 0.114. The zero-order valence-corrected chi connectivity index (χ0v) is 13.4. The Labute approximate surface area is 132 Å². The van der Waals surface area contributed by atoms with Crippen LogP contribution in [-0.2, 0) is 6.42 Å². The van der Waals surface area contributed by atoms with Crippen molar-refractivity contribution < 1.29 is 9.47 Å². The van der Waals surface area contributed by atoms with Crippen LogP contribution in [0.2, 0.25) is 5.02 Å². The lowest BCUT2D eigenvalue weighted by Gasteiger charge is -2.30. The number of ether oxygens (including phenoxy) is 2. The third-order valence-electron chi connectivity index (χ3n) is 4.62. The number of nitrogens with one attached hydrogen (secondary N) is 1. The molecule has 1 aliphatic heterocycles. The van der Waals surface area contributed by atoms with Crippen LogP contribution in [0.15, 0.2) is 12.1 Å². The van der Waals surface area contributed by atoms with Crippen molar-refractivity contribution in [3.8, 4) is 11.5 Å². The standard InChI is InChI=1S/C17H24ClNO2/c1-20-16-11-14(18)10-13(9-12-5-7-19-8-6-12)17(16)21-15-3-2-4-15/h10-12,15,19H,2-9H2,1H3. The van der Waals surface area contributed by atoms with Gasteiger partial charge in [0.1, 0.15) is 0 Å². The summed E-state index contributed by atoms with van der Waals surface area (Å²) < 4.78 is 11.7. The Morgan fingerprint density at radius 1 is 1.19 bits per heavy atom. The third-order valence-corrected chi connectivity index (χ3v) is 4.84. The maximum absolute atomic E-state index is 6.25. The first-order valence-electron chi connectivity index (χ1n) is 8.00. The van der Waals surface area contributed by atoms with E-state index < -0.39 is 0 Å². The van der Waals surface area contributed by atoms with Crippen molar-refractivity contribution in [2.24, 2.45) is 5.92 Å². The van der Waals surface area contributed by atoms with Crippen LogP contribution in [-0.4, -0.2) is 26.3 Å². The van der Waals surface area contributed by atoms with Gasteiger partial charge < -0.3 is 14.8 Å². The van der Waals surface area contributed by atoms with Crippen LogP contribution in [0, 0.1) is 5.92 Å². The molecule has 1 aliphatic carbocycles. The number of hydrogen-bond donors (Lipinski definition) is 1. The van der Waals surface area contributed by atoms with Crippen LogP contribution in [0.3, 0.4) is 0 Å². The smallest absolute Gasteiger partial charge is 0.164 e. The highest BCUT2D eigenvalue weighted by Crippen LogP contribution is 2.39. The molecule has 1 saturated heterocycles. The fraction of sp³-hybridized carbons (Fsp3) is 0.647. The zero-order valence-electron chi connectivity index (χ0n) is 12.7. The van der Waals surface area contributed by atoms with E-state index in [1.54, 1.807) is 7.11 Å². The van der Waals surface area contributed by atoms with E-state index in [9.17, 15) is 0 Å². The van der Waals surface area contributed by atoms with Crippen molar-refractivity contribution in [2.45, 2.75) is 44.6 Å². The van der Waals surface area contributed by atoms with Gasteiger partial charge in [0.05, 0.1) is 13.2 Å². The minimum absolute atomic E-state index is 0.354. The number of methoxy groups -OCH3 is 1. The predicted octanol–water partition coefficient (Wildman–Crippen LogP) is 3.82. The number of hydrogen-bond acceptors (Lipinski definition) is 3. The van der Waals surface area contributed by atoms with Crippen LogP contribution < -0.4 is 14.8 Å². The molecule has 4 heteroatoms. The van der Waals surface area contributed by atoms with Crippen molar-refractivity contribution in [1.82, 2.24) is 5.32 Å². The molecule has 0 atom stereocenters. The summed E-state index contributed by atoms with van der Waals surface area (Å²) >= 11 is 6.25. The summed E-state index contributed by atoms with van der Waals surface area (Å²) in [6, 6.07) is 3.92. The van der Waals surface area contributed by atoms with Gasteiger partial charge in [0.15, 0.2) is 11.5 Å². The summed E-state index contributed by atoms with van der Waals surface area (Å²) in [6.45, 7) is 2.22. The van der Waals surface area contributed by atoms with E-state index in [0.29, 0.717) is 12.0 Å². The Kier molecular flexibility index (Phi) is 4.91. The first kappa shape index (κ1) is 15.0. The molecule has 1 aromatic carbocycles. The molecule has 116 valence electrons. The van der Waals surface area contributed by atoms with Gasteiger partial charge in [-0.1, -0.05) is 11.6 Å². The van der Waals surface area contributed by atoms with E-state index in [1.807, 2.05) is 6.07 Å². The van der Waals surface area contributed by atoms with Gasteiger partial charge in [-0.05, 0) is 69.2 Å². The predicted molar refractivity (Wildman–Crippen MR) is 85.6 cm³/mol. The summed E-state index contributed by atoms with van der Waals surface area (Å²) in [4.78, 5) is 0.